The summed E-state index contributed by atoms with van der Waals surface area (Å²) in [5.74, 6) is -2.55. The van der Waals surface area contributed by atoms with Gasteiger partial charge in [0.25, 0.3) is 5.91 Å². The normalized spacial score (nSPS) is 13.7. The summed E-state index contributed by atoms with van der Waals surface area (Å²) in [6.45, 7) is 1.60. The predicted octanol–water partition coefficient (Wildman–Crippen LogP) is 1.54. The van der Waals surface area contributed by atoms with Crippen LogP contribution in [-0.2, 0) is 4.79 Å². The van der Waals surface area contributed by atoms with E-state index in [-0.39, 0.29) is 16.5 Å². The minimum Gasteiger partial charge on any atom is -0.480 e. The van der Waals surface area contributed by atoms with Crippen molar-refractivity contribution in [3.63, 3.8) is 0 Å². The molecule has 0 aliphatic carbocycles. The van der Waals surface area contributed by atoms with E-state index in [1.54, 1.807) is 6.92 Å². The second-order valence-electron chi connectivity index (χ2n) is 3.89. The molecule has 0 spiro atoms. The van der Waals surface area contributed by atoms with Crippen LogP contribution < -0.4 is 5.32 Å². The SMILES string of the molecule is CC[C@@H](O)[C@H](NC(=O)c1ccc(F)c(Br)c1)C(=O)O. The average Bonchev–Trinajstić information content (AvgIpc) is 2.37. The highest BCUT2D eigenvalue weighted by Crippen LogP contribution is 2.17. The maximum Gasteiger partial charge on any atom is 0.328 e. The number of aliphatic hydroxyl groups is 1. The minimum absolute atomic E-state index is 0.0998. The molecule has 5 nitrogen and oxygen atoms in total. The molecule has 0 unspecified atom stereocenters. The lowest BCUT2D eigenvalue weighted by Gasteiger charge is -2.19. The molecule has 2 atom stereocenters. The van der Waals surface area contributed by atoms with Gasteiger partial charge in [0.05, 0.1) is 10.6 Å². The van der Waals surface area contributed by atoms with Crippen molar-refractivity contribution in [3.05, 3.63) is 34.1 Å². The molecule has 0 aliphatic rings. The van der Waals surface area contributed by atoms with E-state index in [1.807, 2.05) is 0 Å². The Bertz CT molecular complexity index is 495. The van der Waals surface area contributed by atoms with E-state index in [0.717, 1.165) is 6.07 Å². The summed E-state index contributed by atoms with van der Waals surface area (Å²) in [5, 5.41) is 20.6. The zero-order chi connectivity index (χ0) is 14.6. The van der Waals surface area contributed by atoms with Gasteiger partial charge < -0.3 is 15.5 Å². The van der Waals surface area contributed by atoms with Crippen LogP contribution in [0.3, 0.4) is 0 Å². The van der Waals surface area contributed by atoms with Gasteiger partial charge in [-0.1, -0.05) is 6.92 Å². The molecule has 0 aliphatic heterocycles. The largest absolute Gasteiger partial charge is 0.480 e. The standard InChI is InChI=1S/C12H13BrFNO4/c1-2-9(16)10(12(18)19)15-11(17)6-3-4-8(14)7(13)5-6/h3-5,9-10,16H,2H2,1H3,(H,15,17)(H,18,19)/t9-,10+/m1/s1. The van der Waals surface area contributed by atoms with Gasteiger partial charge in [-0.2, -0.15) is 0 Å². The molecule has 0 radical (unpaired) electrons. The average molecular weight is 334 g/mol. The number of carboxylic acid groups (broad SMARTS) is 1. The molecule has 0 bridgehead atoms. The summed E-state index contributed by atoms with van der Waals surface area (Å²) in [6.07, 6.45) is -1.00. The zero-order valence-electron chi connectivity index (χ0n) is 10.1. The molecule has 1 amide bonds. The molecule has 0 aromatic heterocycles. The van der Waals surface area contributed by atoms with Gasteiger partial charge in [0.2, 0.25) is 0 Å². The zero-order valence-corrected chi connectivity index (χ0v) is 11.6. The molecule has 1 aromatic carbocycles. The third kappa shape index (κ3) is 4.00. The molecular formula is C12H13BrFNO4. The van der Waals surface area contributed by atoms with Gasteiger partial charge in [0.15, 0.2) is 6.04 Å². The number of halogens is 2. The van der Waals surface area contributed by atoms with Crippen LogP contribution in [0.2, 0.25) is 0 Å². The lowest BCUT2D eigenvalue weighted by atomic mass is 10.1. The Morgan fingerprint density at radius 2 is 2.11 bits per heavy atom. The Morgan fingerprint density at radius 3 is 2.58 bits per heavy atom. The molecule has 0 heterocycles. The molecule has 0 saturated carbocycles. The molecule has 0 fully saturated rings. The van der Waals surface area contributed by atoms with E-state index < -0.39 is 29.8 Å². The van der Waals surface area contributed by atoms with Crippen molar-refractivity contribution in [2.45, 2.75) is 25.5 Å². The molecule has 104 valence electrons. The van der Waals surface area contributed by atoms with Crippen molar-refractivity contribution >= 4 is 27.8 Å². The number of benzene rings is 1. The number of carbonyl (C=O) groups excluding carboxylic acids is 1. The summed E-state index contributed by atoms with van der Waals surface area (Å²) in [5.41, 5.74) is 0.0998. The van der Waals surface area contributed by atoms with Gasteiger partial charge in [-0.3, -0.25) is 4.79 Å². The minimum atomic E-state index is -1.40. The van der Waals surface area contributed by atoms with Crippen LogP contribution in [0.5, 0.6) is 0 Å². The Hall–Kier alpha value is -1.47. The van der Waals surface area contributed by atoms with Crippen LogP contribution in [0.1, 0.15) is 23.7 Å². The highest BCUT2D eigenvalue weighted by molar-refractivity contribution is 9.10. The fourth-order valence-electron chi connectivity index (χ4n) is 1.42. The number of carboxylic acids is 1. The number of hydrogen-bond acceptors (Lipinski definition) is 3. The number of carbonyl (C=O) groups is 2. The van der Waals surface area contributed by atoms with E-state index in [9.17, 15) is 19.1 Å². The fraction of sp³-hybridized carbons (Fsp3) is 0.333. The van der Waals surface area contributed by atoms with E-state index in [0.29, 0.717) is 0 Å². The van der Waals surface area contributed by atoms with E-state index in [1.165, 1.54) is 12.1 Å². The molecule has 0 saturated heterocycles. The maximum atomic E-state index is 13.0. The number of rotatable bonds is 5. The van der Waals surface area contributed by atoms with Crippen molar-refractivity contribution in [2.24, 2.45) is 0 Å². The number of aliphatic carboxylic acids is 1. The second-order valence-corrected chi connectivity index (χ2v) is 4.75. The fourth-order valence-corrected chi connectivity index (χ4v) is 1.80. The molecule has 3 N–H and O–H groups in total. The van der Waals surface area contributed by atoms with Gasteiger partial charge in [-0.15, -0.1) is 0 Å². The monoisotopic (exact) mass is 333 g/mol. The van der Waals surface area contributed by atoms with E-state index >= 15 is 0 Å². The Morgan fingerprint density at radius 1 is 1.47 bits per heavy atom. The van der Waals surface area contributed by atoms with Crippen LogP contribution in [0, 0.1) is 5.82 Å². The number of nitrogens with one attached hydrogen (secondary N) is 1. The summed E-state index contributed by atoms with van der Waals surface area (Å²) < 4.78 is 13.1. The number of amides is 1. The van der Waals surface area contributed by atoms with Gasteiger partial charge in [0, 0.05) is 5.56 Å². The molecule has 1 aromatic rings. The van der Waals surface area contributed by atoms with E-state index in [4.69, 9.17) is 5.11 Å². The highest BCUT2D eigenvalue weighted by atomic mass is 79.9. The molecule has 7 heteroatoms. The first-order valence-corrected chi connectivity index (χ1v) is 6.33. The third-order valence-electron chi connectivity index (χ3n) is 2.54. The van der Waals surface area contributed by atoms with Crippen LogP contribution in [0.4, 0.5) is 4.39 Å². The lowest BCUT2D eigenvalue weighted by molar-refractivity contribution is -0.142. The van der Waals surface area contributed by atoms with Crippen molar-refractivity contribution in [3.8, 4) is 0 Å². The lowest BCUT2D eigenvalue weighted by Crippen LogP contribution is -2.48. The Labute approximate surface area is 117 Å². The van der Waals surface area contributed by atoms with Crippen molar-refractivity contribution < 1.29 is 24.2 Å². The van der Waals surface area contributed by atoms with Gasteiger partial charge in [-0.05, 0) is 40.5 Å². The van der Waals surface area contributed by atoms with Crippen molar-refractivity contribution in [2.75, 3.05) is 0 Å². The summed E-state index contributed by atoms with van der Waals surface area (Å²) in [7, 11) is 0. The van der Waals surface area contributed by atoms with Crippen molar-refractivity contribution in [1.29, 1.82) is 0 Å². The molecular weight excluding hydrogens is 321 g/mol. The van der Waals surface area contributed by atoms with Crippen LogP contribution in [-0.4, -0.2) is 34.2 Å². The van der Waals surface area contributed by atoms with E-state index in [2.05, 4.69) is 21.2 Å². The topological polar surface area (TPSA) is 86.6 Å². The Kier molecular flexibility index (Phi) is 5.44. The van der Waals surface area contributed by atoms with Crippen molar-refractivity contribution in [1.82, 2.24) is 5.32 Å². The number of aliphatic hydroxyl groups excluding tert-OH is 1. The van der Waals surface area contributed by atoms with Crippen LogP contribution >= 0.6 is 15.9 Å². The quantitative estimate of drug-likeness (QED) is 0.762. The summed E-state index contributed by atoms with van der Waals surface area (Å²) in [4.78, 5) is 22.8. The third-order valence-corrected chi connectivity index (χ3v) is 3.15. The maximum absolute atomic E-state index is 13.0. The van der Waals surface area contributed by atoms with Gasteiger partial charge in [-0.25, -0.2) is 9.18 Å². The first kappa shape index (κ1) is 15.6. The molecule has 19 heavy (non-hydrogen) atoms. The molecule has 1 rings (SSSR count). The first-order valence-electron chi connectivity index (χ1n) is 5.53. The highest BCUT2D eigenvalue weighted by Gasteiger charge is 2.27. The smallest absolute Gasteiger partial charge is 0.328 e. The predicted molar refractivity (Wildman–Crippen MR) is 69.3 cm³/mol. The second kappa shape index (κ2) is 6.63. The van der Waals surface area contributed by atoms with Crippen LogP contribution in [0.25, 0.3) is 0 Å². The Balaban J connectivity index is 2.87. The van der Waals surface area contributed by atoms with Gasteiger partial charge >= 0.3 is 5.97 Å². The van der Waals surface area contributed by atoms with Gasteiger partial charge in [0.1, 0.15) is 5.82 Å². The number of hydrogen-bond donors (Lipinski definition) is 3. The van der Waals surface area contributed by atoms with Crippen LogP contribution in [0.15, 0.2) is 22.7 Å². The summed E-state index contributed by atoms with van der Waals surface area (Å²) >= 11 is 2.93. The summed E-state index contributed by atoms with van der Waals surface area (Å²) in [6, 6.07) is 2.15. The first-order chi connectivity index (χ1) is 8.86.